The maximum atomic E-state index is 13.3. The number of tetrazole rings is 1. The van der Waals surface area contributed by atoms with Crippen molar-refractivity contribution < 1.29 is 9.18 Å². The smallest absolute Gasteiger partial charge is 0.234 e. The average Bonchev–Trinajstić information content (AvgIpc) is 3.09. The predicted molar refractivity (Wildman–Crippen MR) is 89.6 cm³/mol. The summed E-state index contributed by atoms with van der Waals surface area (Å²) in [4.78, 5) is 12.1. The van der Waals surface area contributed by atoms with E-state index in [2.05, 4.69) is 20.8 Å². The molecular weight excluding hydrogens is 343 g/mol. The molecule has 0 radical (unpaired) electrons. The number of benzene rings is 2. The number of amides is 1. The lowest BCUT2D eigenvalue weighted by atomic mass is 10.2. The third-order valence-electron chi connectivity index (χ3n) is 3.15. The molecule has 7 nitrogen and oxygen atoms in total. The Labute approximate surface area is 146 Å². The molecule has 0 aliphatic carbocycles. The first-order chi connectivity index (χ1) is 12.2. The van der Waals surface area contributed by atoms with Gasteiger partial charge >= 0.3 is 0 Å². The van der Waals surface area contributed by atoms with Crippen molar-refractivity contribution in [1.29, 1.82) is 5.26 Å². The van der Waals surface area contributed by atoms with E-state index in [1.165, 1.54) is 16.8 Å². The van der Waals surface area contributed by atoms with Crippen LogP contribution < -0.4 is 5.32 Å². The number of anilines is 1. The first-order valence-corrected chi connectivity index (χ1v) is 8.12. The van der Waals surface area contributed by atoms with Crippen molar-refractivity contribution >= 4 is 23.4 Å². The molecule has 1 N–H and O–H groups in total. The summed E-state index contributed by atoms with van der Waals surface area (Å²) in [7, 11) is 0. The second-order valence-electron chi connectivity index (χ2n) is 4.85. The Kier molecular flexibility index (Phi) is 5.01. The minimum absolute atomic E-state index is 0.0372. The van der Waals surface area contributed by atoms with Gasteiger partial charge in [0.25, 0.3) is 0 Å². The van der Waals surface area contributed by atoms with Crippen LogP contribution in [0.2, 0.25) is 0 Å². The van der Waals surface area contributed by atoms with Crippen LogP contribution in [0.15, 0.2) is 53.7 Å². The van der Waals surface area contributed by atoms with E-state index in [-0.39, 0.29) is 11.7 Å². The van der Waals surface area contributed by atoms with Crippen LogP contribution in [0, 0.1) is 17.1 Å². The quantitative estimate of drug-likeness (QED) is 0.707. The van der Waals surface area contributed by atoms with Gasteiger partial charge in [-0.05, 0) is 40.8 Å². The predicted octanol–water partition coefficient (Wildman–Crippen LogP) is 2.40. The van der Waals surface area contributed by atoms with E-state index in [1.807, 2.05) is 6.07 Å². The van der Waals surface area contributed by atoms with E-state index in [4.69, 9.17) is 5.26 Å². The van der Waals surface area contributed by atoms with Crippen molar-refractivity contribution in [3.05, 3.63) is 59.9 Å². The maximum Gasteiger partial charge on any atom is 0.234 e. The molecule has 3 rings (SSSR count). The van der Waals surface area contributed by atoms with Gasteiger partial charge in [0.15, 0.2) is 0 Å². The summed E-state index contributed by atoms with van der Waals surface area (Å²) in [6, 6.07) is 14.6. The van der Waals surface area contributed by atoms with E-state index in [0.717, 1.165) is 11.8 Å². The van der Waals surface area contributed by atoms with Gasteiger partial charge in [0.1, 0.15) is 11.9 Å². The third-order valence-corrected chi connectivity index (χ3v) is 4.07. The molecule has 124 valence electrons. The summed E-state index contributed by atoms with van der Waals surface area (Å²) in [6.45, 7) is 0. The van der Waals surface area contributed by atoms with Gasteiger partial charge in [-0.15, -0.1) is 5.10 Å². The minimum atomic E-state index is -0.408. The normalized spacial score (nSPS) is 10.2. The van der Waals surface area contributed by atoms with E-state index in [1.54, 1.807) is 36.4 Å². The number of thioether (sulfide) groups is 1. The number of hydrogen-bond acceptors (Lipinski definition) is 6. The summed E-state index contributed by atoms with van der Waals surface area (Å²) in [6.07, 6.45) is 0. The van der Waals surface area contributed by atoms with Crippen molar-refractivity contribution in [3.63, 3.8) is 0 Å². The molecule has 25 heavy (non-hydrogen) atoms. The molecule has 2 aromatic carbocycles. The molecule has 0 spiro atoms. The zero-order valence-corrected chi connectivity index (χ0v) is 13.6. The molecule has 9 heteroatoms. The second kappa shape index (κ2) is 7.55. The Morgan fingerprint density at radius 3 is 2.92 bits per heavy atom. The Hall–Kier alpha value is -3.25. The minimum Gasteiger partial charge on any atom is -0.324 e. The Bertz CT molecular complexity index is 952. The molecule has 0 saturated heterocycles. The molecule has 0 unspecified atom stereocenters. The number of rotatable bonds is 5. The number of carbonyl (C=O) groups excluding carboxylic acids is 1. The van der Waals surface area contributed by atoms with Crippen molar-refractivity contribution in [2.45, 2.75) is 5.16 Å². The third kappa shape index (κ3) is 3.99. The topological polar surface area (TPSA) is 96.5 Å². The van der Waals surface area contributed by atoms with Crippen LogP contribution in [0.25, 0.3) is 5.69 Å². The van der Waals surface area contributed by atoms with E-state index >= 15 is 0 Å². The largest absolute Gasteiger partial charge is 0.324 e. The van der Waals surface area contributed by atoms with Gasteiger partial charge in [-0.2, -0.15) is 9.94 Å². The van der Waals surface area contributed by atoms with Crippen molar-refractivity contribution in [2.24, 2.45) is 0 Å². The molecule has 0 atom stereocenters. The Morgan fingerprint density at radius 1 is 1.28 bits per heavy atom. The molecule has 1 amide bonds. The van der Waals surface area contributed by atoms with Crippen molar-refractivity contribution in [3.8, 4) is 11.8 Å². The fraction of sp³-hybridized carbons (Fsp3) is 0.0625. The van der Waals surface area contributed by atoms with Crippen LogP contribution in [0.3, 0.4) is 0 Å². The number of nitrogens with one attached hydrogen (secondary N) is 1. The first kappa shape index (κ1) is 16.6. The fourth-order valence-corrected chi connectivity index (χ4v) is 2.74. The molecule has 0 bridgehead atoms. The summed E-state index contributed by atoms with van der Waals surface area (Å²) in [5, 5.41) is 23.3. The lowest BCUT2D eigenvalue weighted by molar-refractivity contribution is -0.113. The molecule has 1 heterocycles. The zero-order valence-electron chi connectivity index (χ0n) is 12.8. The van der Waals surface area contributed by atoms with Gasteiger partial charge < -0.3 is 5.32 Å². The molecule has 0 aliphatic rings. The molecule has 0 aliphatic heterocycles. The number of para-hydroxylation sites is 1. The monoisotopic (exact) mass is 354 g/mol. The standard InChI is InChI=1S/C16H11FN6OS/c17-12-5-3-6-13(8-12)23-16(20-21-22-23)25-10-15(24)19-14-7-2-1-4-11(14)9-18/h1-8H,10H2,(H,19,24). The van der Waals surface area contributed by atoms with E-state index in [9.17, 15) is 9.18 Å². The van der Waals surface area contributed by atoms with Gasteiger partial charge in [-0.1, -0.05) is 30.0 Å². The van der Waals surface area contributed by atoms with Crippen LogP contribution in [0.4, 0.5) is 10.1 Å². The lowest BCUT2D eigenvalue weighted by Crippen LogP contribution is -2.15. The average molecular weight is 354 g/mol. The highest BCUT2D eigenvalue weighted by Gasteiger charge is 2.13. The van der Waals surface area contributed by atoms with Gasteiger partial charge in [-0.3, -0.25) is 4.79 Å². The van der Waals surface area contributed by atoms with Crippen LogP contribution in [-0.4, -0.2) is 31.9 Å². The summed E-state index contributed by atoms with van der Waals surface area (Å²) in [5.41, 5.74) is 1.29. The highest BCUT2D eigenvalue weighted by Crippen LogP contribution is 2.20. The lowest BCUT2D eigenvalue weighted by Gasteiger charge is -2.07. The molecule has 1 aromatic heterocycles. The number of aromatic nitrogens is 4. The van der Waals surface area contributed by atoms with Crippen LogP contribution in [-0.2, 0) is 4.79 Å². The van der Waals surface area contributed by atoms with Crippen LogP contribution in [0.1, 0.15) is 5.56 Å². The van der Waals surface area contributed by atoms with Gasteiger partial charge in [0.05, 0.1) is 22.7 Å². The second-order valence-corrected chi connectivity index (χ2v) is 5.79. The maximum absolute atomic E-state index is 13.3. The number of halogens is 1. The van der Waals surface area contributed by atoms with E-state index in [0.29, 0.717) is 22.1 Å². The SMILES string of the molecule is N#Cc1ccccc1NC(=O)CSc1nnnn1-c1cccc(F)c1. The Balaban J connectivity index is 1.68. The number of nitriles is 1. The van der Waals surface area contributed by atoms with Crippen molar-refractivity contribution in [1.82, 2.24) is 20.2 Å². The summed E-state index contributed by atoms with van der Waals surface area (Å²) >= 11 is 1.10. The highest BCUT2D eigenvalue weighted by atomic mass is 32.2. The Morgan fingerprint density at radius 2 is 2.12 bits per heavy atom. The van der Waals surface area contributed by atoms with Crippen LogP contribution >= 0.6 is 11.8 Å². The van der Waals surface area contributed by atoms with Gasteiger partial charge in [0, 0.05) is 0 Å². The van der Waals surface area contributed by atoms with Gasteiger partial charge in [0.2, 0.25) is 11.1 Å². The number of carbonyl (C=O) groups is 1. The van der Waals surface area contributed by atoms with Crippen LogP contribution in [0.5, 0.6) is 0 Å². The molecule has 3 aromatic rings. The van der Waals surface area contributed by atoms with Crippen molar-refractivity contribution in [2.75, 3.05) is 11.1 Å². The molecule has 0 saturated carbocycles. The zero-order chi connectivity index (χ0) is 17.6. The molecule has 0 fully saturated rings. The fourth-order valence-electron chi connectivity index (χ4n) is 2.04. The first-order valence-electron chi connectivity index (χ1n) is 7.13. The summed E-state index contributed by atoms with van der Waals surface area (Å²) < 4.78 is 14.7. The number of hydrogen-bond donors (Lipinski definition) is 1. The molecular formula is C16H11FN6OS. The number of nitrogens with zero attached hydrogens (tertiary/aromatic N) is 5. The van der Waals surface area contributed by atoms with Gasteiger partial charge in [-0.25, -0.2) is 4.39 Å². The van der Waals surface area contributed by atoms with E-state index < -0.39 is 5.82 Å². The highest BCUT2D eigenvalue weighted by molar-refractivity contribution is 7.99. The summed E-state index contributed by atoms with van der Waals surface area (Å²) in [5.74, 6) is -0.675.